The Hall–Kier alpha value is -0.210. The Kier molecular flexibility index (Phi) is 6.02. The van der Waals surface area contributed by atoms with Crippen molar-refractivity contribution in [3.8, 4) is 0 Å². The van der Waals surface area contributed by atoms with Gasteiger partial charge >= 0.3 is 0 Å². The third-order valence-corrected chi connectivity index (χ3v) is 6.59. The van der Waals surface area contributed by atoms with Crippen LogP contribution in [0.1, 0.15) is 32.6 Å². The monoisotopic (exact) mass is 321 g/mol. The second-order valence-electron chi connectivity index (χ2n) is 5.77. The van der Waals surface area contributed by atoms with Crippen molar-refractivity contribution >= 4 is 9.84 Å². The molecule has 1 N–H and O–H groups in total. The van der Waals surface area contributed by atoms with Crippen LogP contribution < -0.4 is 5.32 Å². The topological polar surface area (TPSA) is 73.9 Å². The zero-order valence-electron chi connectivity index (χ0n) is 13.0. The molecular weight excluding hydrogens is 294 g/mol. The Morgan fingerprint density at radius 2 is 2.05 bits per heavy atom. The lowest BCUT2D eigenvalue weighted by Crippen LogP contribution is -2.54. The maximum Gasteiger partial charge on any atom is 0.169 e. The summed E-state index contributed by atoms with van der Waals surface area (Å²) < 4.78 is 41.8. The van der Waals surface area contributed by atoms with Gasteiger partial charge in [0.05, 0.1) is 24.2 Å². The quantitative estimate of drug-likeness (QED) is 0.696. The third kappa shape index (κ3) is 4.16. The summed E-state index contributed by atoms with van der Waals surface area (Å²) in [4.78, 5) is 0. The molecule has 0 radical (unpaired) electrons. The molecule has 1 spiro atoms. The summed E-state index contributed by atoms with van der Waals surface area (Å²) in [7, 11) is -1.61. The second-order valence-corrected chi connectivity index (χ2v) is 8.11. The molecule has 6 nitrogen and oxygen atoms in total. The van der Waals surface area contributed by atoms with E-state index < -0.39 is 20.9 Å². The van der Waals surface area contributed by atoms with Crippen LogP contribution in [0.5, 0.6) is 0 Å². The largest absolute Gasteiger partial charge is 0.385 e. The van der Waals surface area contributed by atoms with Gasteiger partial charge in [0.2, 0.25) is 0 Å². The van der Waals surface area contributed by atoms with Gasteiger partial charge in [0, 0.05) is 32.6 Å². The standard InChI is InChI=1S/C14H27NO5S/c1-3-15-12-5-6-14(19-8-9-20-14)11-13(12)21(16,17)10-4-7-18-2/h12-13,15H,3-11H2,1-2H3. The van der Waals surface area contributed by atoms with Crippen LogP contribution in [0.3, 0.4) is 0 Å². The Labute approximate surface area is 127 Å². The number of ether oxygens (including phenoxy) is 3. The first-order valence-corrected chi connectivity index (χ1v) is 9.46. The van der Waals surface area contributed by atoms with Crippen LogP contribution in [0.4, 0.5) is 0 Å². The number of methoxy groups -OCH3 is 1. The molecule has 2 atom stereocenters. The molecule has 124 valence electrons. The molecule has 2 fully saturated rings. The van der Waals surface area contributed by atoms with Crippen molar-refractivity contribution < 1.29 is 22.6 Å². The molecule has 1 heterocycles. The van der Waals surface area contributed by atoms with Crippen molar-refractivity contribution in [3.63, 3.8) is 0 Å². The zero-order chi connectivity index (χ0) is 15.3. The number of sulfone groups is 1. The minimum Gasteiger partial charge on any atom is -0.385 e. The van der Waals surface area contributed by atoms with Gasteiger partial charge in [-0.15, -0.1) is 0 Å². The number of hydrogen-bond acceptors (Lipinski definition) is 6. The van der Waals surface area contributed by atoms with Gasteiger partial charge in [-0.05, 0) is 19.4 Å². The van der Waals surface area contributed by atoms with Gasteiger partial charge < -0.3 is 19.5 Å². The second kappa shape index (κ2) is 7.37. The lowest BCUT2D eigenvalue weighted by atomic mass is 9.89. The van der Waals surface area contributed by atoms with Crippen molar-refractivity contribution in [3.05, 3.63) is 0 Å². The van der Waals surface area contributed by atoms with E-state index in [1.54, 1.807) is 7.11 Å². The molecular formula is C14H27NO5S. The van der Waals surface area contributed by atoms with Crippen molar-refractivity contribution in [2.45, 2.75) is 49.7 Å². The third-order valence-electron chi connectivity index (χ3n) is 4.32. The first-order chi connectivity index (χ1) is 10.0. The molecule has 1 saturated carbocycles. The summed E-state index contributed by atoms with van der Waals surface area (Å²) in [5.41, 5.74) is 0. The van der Waals surface area contributed by atoms with E-state index in [0.29, 0.717) is 32.7 Å². The molecule has 7 heteroatoms. The molecule has 1 aliphatic heterocycles. The van der Waals surface area contributed by atoms with Crippen molar-refractivity contribution in [1.82, 2.24) is 5.32 Å². The van der Waals surface area contributed by atoms with Crippen LogP contribution in [-0.2, 0) is 24.0 Å². The van der Waals surface area contributed by atoms with E-state index in [-0.39, 0.29) is 11.8 Å². The lowest BCUT2D eigenvalue weighted by molar-refractivity contribution is -0.178. The van der Waals surface area contributed by atoms with Crippen molar-refractivity contribution in [1.29, 1.82) is 0 Å². The van der Waals surface area contributed by atoms with Gasteiger partial charge in [-0.25, -0.2) is 8.42 Å². The fourth-order valence-corrected chi connectivity index (χ4v) is 5.36. The van der Waals surface area contributed by atoms with Gasteiger partial charge in [0.25, 0.3) is 0 Å². The molecule has 0 aromatic heterocycles. The number of rotatable bonds is 7. The van der Waals surface area contributed by atoms with Gasteiger partial charge in [-0.1, -0.05) is 6.92 Å². The Balaban J connectivity index is 2.09. The Morgan fingerprint density at radius 1 is 1.33 bits per heavy atom. The summed E-state index contributed by atoms with van der Waals surface area (Å²) in [6.07, 6.45) is 2.49. The van der Waals surface area contributed by atoms with Crippen LogP contribution in [0.25, 0.3) is 0 Å². The fraction of sp³-hybridized carbons (Fsp3) is 1.00. The number of nitrogens with one attached hydrogen (secondary N) is 1. The highest BCUT2D eigenvalue weighted by Crippen LogP contribution is 2.38. The SMILES string of the molecule is CCNC1CCC2(CC1S(=O)(=O)CCCOC)OCCO2. The highest BCUT2D eigenvalue weighted by Gasteiger charge is 2.49. The zero-order valence-corrected chi connectivity index (χ0v) is 13.8. The van der Waals surface area contributed by atoms with E-state index in [1.165, 1.54) is 0 Å². The van der Waals surface area contributed by atoms with Gasteiger partial charge in [0.1, 0.15) is 0 Å². The molecule has 1 aliphatic carbocycles. The minimum atomic E-state index is -3.19. The molecule has 21 heavy (non-hydrogen) atoms. The molecule has 0 aromatic carbocycles. The summed E-state index contributed by atoms with van der Waals surface area (Å²) in [5, 5.41) is 2.87. The van der Waals surface area contributed by atoms with E-state index in [4.69, 9.17) is 14.2 Å². The predicted molar refractivity (Wildman–Crippen MR) is 80.0 cm³/mol. The average Bonchev–Trinajstić information content (AvgIpc) is 2.90. The Morgan fingerprint density at radius 3 is 2.67 bits per heavy atom. The average molecular weight is 321 g/mol. The van der Waals surface area contributed by atoms with Gasteiger partial charge in [-0.3, -0.25) is 0 Å². The predicted octanol–water partition coefficient (Wildman–Crippen LogP) is 0.711. The highest BCUT2D eigenvalue weighted by molar-refractivity contribution is 7.92. The summed E-state index contributed by atoms with van der Waals surface area (Å²) in [6.45, 7) is 4.35. The molecule has 0 aromatic rings. The van der Waals surface area contributed by atoms with E-state index in [1.807, 2.05) is 6.92 Å². The summed E-state index contributed by atoms with van der Waals surface area (Å²) in [6, 6.07) is -0.0130. The van der Waals surface area contributed by atoms with Crippen LogP contribution in [-0.4, -0.2) is 64.7 Å². The van der Waals surface area contributed by atoms with E-state index in [0.717, 1.165) is 19.4 Å². The van der Waals surface area contributed by atoms with Crippen LogP contribution >= 0.6 is 0 Å². The smallest absolute Gasteiger partial charge is 0.169 e. The van der Waals surface area contributed by atoms with Gasteiger partial charge in [0.15, 0.2) is 15.6 Å². The normalized spacial score (nSPS) is 29.0. The minimum absolute atomic E-state index is 0.0130. The van der Waals surface area contributed by atoms with Crippen LogP contribution in [0.2, 0.25) is 0 Å². The molecule has 0 amide bonds. The molecule has 1 saturated heterocycles. The van der Waals surface area contributed by atoms with E-state index >= 15 is 0 Å². The maximum atomic E-state index is 12.7. The summed E-state index contributed by atoms with van der Waals surface area (Å²) >= 11 is 0. The van der Waals surface area contributed by atoms with Crippen LogP contribution in [0.15, 0.2) is 0 Å². The fourth-order valence-electron chi connectivity index (χ4n) is 3.30. The highest BCUT2D eigenvalue weighted by atomic mass is 32.2. The van der Waals surface area contributed by atoms with Crippen LogP contribution in [0, 0.1) is 0 Å². The maximum absolute atomic E-state index is 12.7. The number of hydrogen-bond donors (Lipinski definition) is 1. The Bertz CT molecular complexity index is 419. The first-order valence-electron chi connectivity index (χ1n) is 7.75. The van der Waals surface area contributed by atoms with Crippen molar-refractivity contribution in [2.75, 3.05) is 39.2 Å². The summed E-state index contributed by atoms with van der Waals surface area (Å²) in [5.74, 6) is -0.519. The van der Waals surface area contributed by atoms with Crippen molar-refractivity contribution in [2.24, 2.45) is 0 Å². The lowest BCUT2D eigenvalue weighted by Gasteiger charge is -2.41. The molecule has 0 bridgehead atoms. The van der Waals surface area contributed by atoms with E-state index in [2.05, 4.69) is 5.32 Å². The molecule has 2 unspecified atom stereocenters. The van der Waals surface area contributed by atoms with E-state index in [9.17, 15) is 8.42 Å². The molecule has 2 rings (SSSR count). The van der Waals surface area contributed by atoms with Gasteiger partial charge in [-0.2, -0.15) is 0 Å². The molecule has 2 aliphatic rings. The first kappa shape index (κ1) is 17.1.